The molecule has 3 heteroatoms. The Kier molecular flexibility index (Phi) is 5.26. The van der Waals surface area contributed by atoms with E-state index >= 15 is 0 Å². The summed E-state index contributed by atoms with van der Waals surface area (Å²) in [7, 11) is 2.13. The molecule has 0 heterocycles. The molecule has 0 spiro atoms. The summed E-state index contributed by atoms with van der Waals surface area (Å²) in [5.74, 6) is 0.429. The maximum absolute atomic E-state index is 11.1. The number of rotatable bonds is 5. The van der Waals surface area contributed by atoms with Crippen molar-refractivity contribution in [1.82, 2.24) is 4.90 Å². The highest BCUT2D eigenvalue weighted by atomic mass is 16.5. The second kappa shape index (κ2) is 6.23. The van der Waals surface area contributed by atoms with Gasteiger partial charge in [0.2, 0.25) is 0 Å². The lowest BCUT2D eigenvalue weighted by Gasteiger charge is -2.30. The van der Waals surface area contributed by atoms with Gasteiger partial charge in [-0.3, -0.25) is 4.79 Å². The summed E-state index contributed by atoms with van der Waals surface area (Å²) in [4.78, 5) is 13.4. The highest BCUT2D eigenvalue weighted by Crippen LogP contribution is 2.19. The third kappa shape index (κ3) is 4.76. The number of hydrogen-bond donors (Lipinski definition) is 0. The molecule has 1 rings (SSSR count). The molecule has 88 valence electrons. The van der Waals surface area contributed by atoms with Crippen LogP contribution in [0.25, 0.3) is 0 Å². The van der Waals surface area contributed by atoms with E-state index in [2.05, 4.69) is 25.8 Å². The van der Waals surface area contributed by atoms with Gasteiger partial charge in [-0.1, -0.05) is 0 Å². The van der Waals surface area contributed by atoms with Gasteiger partial charge in [-0.15, -0.1) is 0 Å². The maximum atomic E-state index is 11.1. The number of hydrogen-bond acceptors (Lipinski definition) is 3. The minimum Gasteiger partial charge on any atom is -0.377 e. The first-order valence-corrected chi connectivity index (χ1v) is 5.93. The van der Waals surface area contributed by atoms with Crippen molar-refractivity contribution in [3.8, 4) is 0 Å². The van der Waals surface area contributed by atoms with Crippen LogP contribution in [0.3, 0.4) is 0 Å². The van der Waals surface area contributed by atoms with Crippen LogP contribution in [0, 0.1) is 0 Å². The smallest absolute Gasteiger partial charge is 0.133 e. The topological polar surface area (TPSA) is 29.5 Å². The van der Waals surface area contributed by atoms with Crippen LogP contribution in [0.1, 0.15) is 39.5 Å². The number of Topliss-reactive ketones (excluding diaryl/α,β-unsaturated/α-hetero) is 1. The number of carbonyl (C=O) groups is 1. The first kappa shape index (κ1) is 12.7. The molecule has 3 nitrogen and oxygen atoms in total. The van der Waals surface area contributed by atoms with Crippen LogP contribution in [-0.2, 0) is 9.53 Å². The first-order chi connectivity index (χ1) is 7.09. The zero-order valence-electron chi connectivity index (χ0n) is 10.2. The zero-order chi connectivity index (χ0) is 11.3. The highest BCUT2D eigenvalue weighted by Gasteiger charge is 2.21. The van der Waals surface area contributed by atoms with Gasteiger partial charge < -0.3 is 9.64 Å². The third-order valence-corrected chi connectivity index (χ3v) is 3.03. The summed E-state index contributed by atoms with van der Waals surface area (Å²) < 4.78 is 5.52. The molecule has 0 amide bonds. The van der Waals surface area contributed by atoms with E-state index in [1.54, 1.807) is 0 Å². The summed E-state index contributed by atoms with van der Waals surface area (Å²) in [6.45, 7) is 5.87. The lowest BCUT2D eigenvalue weighted by Crippen LogP contribution is -2.37. The quantitative estimate of drug-likeness (QED) is 0.698. The number of ketones is 1. The van der Waals surface area contributed by atoms with Crippen molar-refractivity contribution in [3.63, 3.8) is 0 Å². The highest BCUT2D eigenvalue weighted by molar-refractivity contribution is 5.79. The van der Waals surface area contributed by atoms with Crippen molar-refractivity contribution in [3.05, 3.63) is 0 Å². The molecule has 0 unspecified atom stereocenters. The van der Waals surface area contributed by atoms with E-state index in [0.29, 0.717) is 17.9 Å². The fourth-order valence-electron chi connectivity index (χ4n) is 1.98. The van der Waals surface area contributed by atoms with Crippen LogP contribution < -0.4 is 0 Å². The molecule has 15 heavy (non-hydrogen) atoms. The monoisotopic (exact) mass is 213 g/mol. The molecule has 0 atom stereocenters. The molecule has 0 bridgehead atoms. The Bertz CT molecular complexity index is 194. The molecule has 0 aliphatic heterocycles. The Hall–Kier alpha value is -0.410. The van der Waals surface area contributed by atoms with E-state index in [-0.39, 0.29) is 0 Å². The van der Waals surface area contributed by atoms with Gasteiger partial charge in [0.15, 0.2) is 0 Å². The van der Waals surface area contributed by atoms with E-state index in [1.165, 1.54) is 0 Å². The molecule has 1 aliphatic rings. The van der Waals surface area contributed by atoms with E-state index in [1.807, 2.05) is 0 Å². The summed E-state index contributed by atoms with van der Waals surface area (Å²) in [6.07, 6.45) is 3.89. The molecule has 0 saturated heterocycles. The second-order valence-electron chi connectivity index (χ2n) is 4.67. The SMILES string of the molecule is CC(C)OCCN(C)C1CCC(=O)CC1. The fourth-order valence-corrected chi connectivity index (χ4v) is 1.98. The van der Waals surface area contributed by atoms with Gasteiger partial charge in [0, 0.05) is 25.4 Å². The average Bonchev–Trinajstić information content (AvgIpc) is 2.18. The zero-order valence-corrected chi connectivity index (χ0v) is 10.2. The molecule has 1 fully saturated rings. The minimum absolute atomic E-state index is 0.311. The van der Waals surface area contributed by atoms with E-state index in [0.717, 1.165) is 38.8 Å². The number of nitrogens with zero attached hydrogens (tertiary/aromatic N) is 1. The normalized spacial score (nSPS) is 19.1. The van der Waals surface area contributed by atoms with Crippen LogP contribution in [0.15, 0.2) is 0 Å². The molecule has 1 saturated carbocycles. The van der Waals surface area contributed by atoms with Gasteiger partial charge >= 0.3 is 0 Å². The summed E-state index contributed by atoms with van der Waals surface area (Å²) in [5, 5.41) is 0. The standard InChI is InChI=1S/C12H23NO2/c1-10(2)15-9-8-13(3)11-4-6-12(14)7-5-11/h10-11H,4-9H2,1-3H3. The molecule has 0 radical (unpaired) electrons. The lowest BCUT2D eigenvalue weighted by atomic mass is 9.93. The summed E-state index contributed by atoms with van der Waals surface area (Å²) in [6, 6.07) is 0.582. The molecule has 0 aromatic heterocycles. The predicted molar refractivity (Wildman–Crippen MR) is 61.0 cm³/mol. The Balaban J connectivity index is 2.16. The predicted octanol–water partition coefficient (Wildman–Crippen LogP) is 1.85. The largest absolute Gasteiger partial charge is 0.377 e. The lowest BCUT2D eigenvalue weighted by molar-refractivity contribution is -0.121. The van der Waals surface area contributed by atoms with Crippen molar-refractivity contribution in [1.29, 1.82) is 0 Å². The van der Waals surface area contributed by atoms with Gasteiger partial charge in [-0.05, 0) is 33.7 Å². The van der Waals surface area contributed by atoms with Crippen LogP contribution in [-0.4, -0.2) is 43.0 Å². The van der Waals surface area contributed by atoms with Crippen LogP contribution in [0.2, 0.25) is 0 Å². The Labute approximate surface area is 92.8 Å². The van der Waals surface area contributed by atoms with Crippen molar-refractivity contribution < 1.29 is 9.53 Å². The van der Waals surface area contributed by atoms with Crippen molar-refractivity contribution in [2.45, 2.75) is 51.7 Å². The fraction of sp³-hybridized carbons (Fsp3) is 0.917. The van der Waals surface area contributed by atoms with Gasteiger partial charge in [0.1, 0.15) is 5.78 Å². The molecule has 0 aromatic rings. The average molecular weight is 213 g/mol. The van der Waals surface area contributed by atoms with E-state index in [4.69, 9.17) is 4.74 Å². The van der Waals surface area contributed by atoms with Gasteiger partial charge in [-0.2, -0.15) is 0 Å². The maximum Gasteiger partial charge on any atom is 0.133 e. The number of carbonyl (C=O) groups excluding carboxylic acids is 1. The molecule has 0 N–H and O–H groups in total. The second-order valence-corrected chi connectivity index (χ2v) is 4.67. The summed E-state index contributed by atoms with van der Waals surface area (Å²) in [5.41, 5.74) is 0. The van der Waals surface area contributed by atoms with E-state index < -0.39 is 0 Å². The Morgan fingerprint density at radius 3 is 2.53 bits per heavy atom. The van der Waals surface area contributed by atoms with Crippen LogP contribution in [0.4, 0.5) is 0 Å². The van der Waals surface area contributed by atoms with Crippen LogP contribution >= 0.6 is 0 Å². The molecular formula is C12H23NO2. The minimum atomic E-state index is 0.311. The number of ether oxygens (including phenoxy) is 1. The molecule has 1 aliphatic carbocycles. The first-order valence-electron chi connectivity index (χ1n) is 5.93. The van der Waals surface area contributed by atoms with Crippen LogP contribution in [0.5, 0.6) is 0 Å². The van der Waals surface area contributed by atoms with Gasteiger partial charge in [-0.25, -0.2) is 0 Å². The molecular weight excluding hydrogens is 190 g/mol. The summed E-state index contributed by atoms with van der Waals surface area (Å²) >= 11 is 0. The van der Waals surface area contributed by atoms with Gasteiger partial charge in [0.05, 0.1) is 12.7 Å². The molecule has 0 aromatic carbocycles. The number of likely N-dealkylation sites (N-methyl/N-ethyl adjacent to an activating group) is 1. The van der Waals surface area contributed by atoms with E-state index in [9.17, 15) is 4.79 Å². The van der Waals surface area contributed by atoms with Crippen molar-refractivity contribution in [2.24, 2.45) is 0 Å². The Morgan fingerprint density at radius 1 is 1.40 bits per heavy atom. The third-order valence-electron chi connectivity index (χ3n) is 3.03. The Morgan fingerprint density at radius 2 is 2.00 bits per heavy atom. The van der Waals surface area contributed by atoms with Crippen molar-refractivity contribution >= 4 is 5.78 Å². The van der Waals surface area contributed by atoms with Crippen molar-refractivity contribution in [2.75, 3.05) is 20.2 Å². The van der Waals surface area contributed by atoms with Gasteiger partial charge in [0.25, 0.3) is 0 Å².